The van der Waals surface area contributed by atoms with E-state index >= 15 is 0 Å². The number of rotatable bonds is 2. The molecule has 0 fully saturated rings. The third-order valence-corrected chi connectivity index (χ3v) is 4.53. The van der Waals surface area contributed by atoms with Gasteiger partial charge < -0.3 is 0 Å². The Hall–Kier alpha value is -1.22. The molecule has 0 aliphatic heterocycles. The van der Waals surface area contributed by atoms with Gasteiger partial charge in [-0.3, -0.25) is 0 Å². The van der Waals surface area contributed by atoms with Gasteiger partial charge in [-0.2, -0.15) is 0 Å². The van der Waals surface area contributed by atoms with Gasteiger partial charge in [0, 0.05) is 28.7 Å². The molecule has 0 amide bonds. The van der Waals surface area contributed by atoms with E-state index in [4.69, 9.17) is 4.98 Å². The molecule has 1 aromatic carbocycles. The molecule has 1 aliphatic carbocycles. The third kappa shape index (κ3) is 2.44. The average Bonchev–Trinajstić information content (AvgIpc) is 2.46. The van der Waals surface area contributed by atoms with Crippen molar-refractivity contribution < 1.29 is 0 Å². The fourth-order valence-corrected chi connectivity index (χ4v) is 3.38. The Bertz CT molecular complexity index is 595. The SMILES string of the molecule is Cc1nc(C2CCCc3ccccc32)ncc1CBr. The van der Waals surface area contributed by atoms with Crippen LogP contribution in [0.2, 0.25) is 0 Å². The maximum atomic E-state index is 4.73. The number of hydrogen-bond acceptors (Lipinski definition) is 2. The molecule has 0 bridgehead atoms. The van der Waals surface area contributed by atoms with Crippen LogP contribution in [0.15, 0.2) is 30.5 Å². The first-order valence-electron chi connectivity index (χ1n) is 6.76. The summed E-state index contributed by atoms with van der Waals surface area (Å²) in [6, 6.07) is 8.72. The summed E-state index contributed by atoms with van der Waals surface area (Å²) in [6.07, 6.45) is 5.53. The molecule has 0 spiro atoms. The van der Waals surface area contributed by atoms with E-state index in [0.717, 1.165) is 23.3 Å². The summed E-state index contributed by atoms with van der Waals surface area (Å²) in [5, 5.41) is 0.820. The largest absolute Gasteiger partial charge is 0.240 e. The van der Waals surface area contributed by atoms with Crippen LogP contribution < -0.4 is 0 Å². The predicted octanol–water partition coefficient (Wildman–Crippen LogP) is 4.15. The summed E-state index contributed by atoms with van der Waals surface area (Å²) < 4.78 is 0. The number of alkyl halides is 1. The van der Waals surface area contributed by atoms with E-state index in [2.05, 4.69) is 52.1 Å². The fraction of sp³-hybridized carbons (Fsp3) is 0.375. The first kappa shape index (κ1) is 12.8. The first-order valence-corrected chi connectivity index (χ1v) is 7.88. The van der Waals surface area contributed by atoms with Gasteiger partial charge in [0.05, 0.1) is 0 Å². The molecule has 1 heterocycles. The van der Waals surface area contributed by atoms with Gasteiger partial charge in [0.25, 0.3) is 0 Å². The van der Waals surface area contributed by atoms with E-state index in [-0.39, 0.29) is 0 Å². The van der Waals surface area contributed by atoms with E-state index in [9.17, 15) is 0 Å². The lowest BCUT2D eigenvalue weighted by molar-refractivity contribution is 0.588. The average molecular weight is 317 g/mol. The fourth-order valence-electron chi connectivity index (χ4n) is 2.83. The minimum Gasteiger partial charge on any atom is -0.240 e. The van der Waals surface area contributed by atoms with Crippen molar-refractivity contribution in [3.63, 3.8) is 0 Å². The minimum atomic E-state index is 0.369. The Morgan fingerprint density at radius 2 is 2.16 bits per heavy atom. The number of hydrogen-bond donors (Lipinski definition) is 0. The van der Waals surface area contributed by atoms with E-state index in [1.807, 2.05) is 6.20 Å². The molecule has 19 heavy (non-hydrogen) atoms. The summed E-state index contributed by atoms with van der Waals surface area (Å²) in [5.41, 5.74) is 5.14. The summed E-state index contributed by atoms with van der Waals surface area (Å²) >= 11 is 3.47. The quantitative estimate of drug-likeness (QED) is 0.778. The number of halogens is 1. The van der Waals surface area contributed by atoms with Crippen LogP contribution in [0.4, 0.5) is 0 Å². The molecule has 3 rings (SSSR count). The topological polar surface area (TPSA) is 25.8 Å². The highest BCUT2D eigenvalue weighted by molar-refractivity contribution is 9.08. The molecule has 0 radical (unpaired) electrons. The molecular weight excluding hydrogens is 300 g/mol. The highest BCUT2D eigenvalue weighted by Crippen LogP contribution is 2.35. The number of nitrogens with zero attached hydrogens (tertiary/aromatic N) is 2. The van der Waals surface area contributed by atoms with Crippen molar-refractivity contribution in [1.29, 1.82) is 0 Å². The van der Waals surface area contributed by atoms with E-state index in [0.29, 0.717) is 5.92 Å². The second-order valence-corrected chi connectivity index (χ2v) is 5.68. The van der Waals surface area contributed by atoms with Crippen LogP contribution in [0.1, 0.15) is 47.0 Å². The summed E-state index contributed by atoms with van der Waals surface area (Å²) in [4.78, 5) is 9.32. The lowest BCUT2D eigenvalue weighted by Gasteiger charge is -2.24. The van der Waals surface area contributed by atoms with Crippen LogP contribution in [0.5, 0.6) is 0 Å². The van der Waals surface area contributed by atoms with Crippen LogP contribution in [-0.2, 0) is 11.8 Å². The van der Waals surface area contributed by atoms with Crippen LogP contribution in [0.3, 0.4) is 0 Å². The molecule has 1 atom stereocenters. The van der Waals surface area contributed by atoms with Crippen molar-refractivity contribution in [3.05, 3.63) is 58.7 Å². The number of aryl methyl sites for hydroxylation is 2. The Morgan fingerprint density at radius 1 is 1.32 bits per heavy atom. The summed E-state index contributed by atoms with van der Waals surface area (Å²) in [7, 11) is 0. The molecule has 2 nitrogen and oxygen atoms in total. The molecule has 1 aliphatic rings. The molecule has 0 saturated carbocycles. The predicted molar refractivity (Wildman–Crippen MR) is 80.6 cm³/mol. The van der Waals surface area contributed by atoms with Crippen molar-refractivity contribution in [1.82, 2.24) is 9.97 Å². The zero-order valence-corrected chi connectivity index (χ0v) is 12.7. The molecule has 0 saturated heterocycles. The van der Waals surface area contributed by atoms with E-state index in [1.54, 1.807) is 0 Å². The molecular formula is C16H17BrN2. The van der Waals surface area contributed by atoms with Crippen LogP contribution >= 0.6 is 15.9 Å². The van der Waals surface area contributed by atoms with Crippen LogP contribution in [-0.4, -0.2) is 9.97 Å². The van der Waals surface area contributed by atoms with Crippen molar-refractivity contribution in [3.8, 4) is 0 Å². The molecule has 0 N–H and O–H groups in total. The maximum Gasteiger partial charge on any atom is 0.135 e. The Morgan fingerprint density at radius 3 is 2.95 bits per heavy atom. The van der Waals surface area contributed by atoms with Crippen molar-refractivity contribution in [2.45, 2.75) is 37.4 Å². The number of aromatic nitrogens is 2. The van der Waals surface area contributed by atoms with Gasteiger partial charge in [-0.15, -0.1) is 0 Å². The van der Waals surface area contributed by atoms with E-state index < -0.39 is 0 Å². The third-order valence-electron chi connectivity index (χ3n) is 3.92. The van der Waals surface area contributed by atoms with Gasteiger partial charge in [-0.25, -0.2) is 9.97 Å². The lowest BCUT2D eigenvalue weighted by Crippen LogP contribution is -2.14. The lowest BCUT2D eigenvalue weighted by atomic mass is 9.82. The molecule has 2 aromatic rings. The summed E-state index contributed by atoms with van der Waals surface area (Å²) in [5.74, 6) is 1.35. The van der Waals surface area contributed by atoms with E-state index in [1.165, 1.54) is 29.5 Å². The molecule has 1 aromatic heterocycles. The Balaban J connectivity index is 2.02. The zero-order valence-electron chi connectivity index (χ0n) is 11.1. The van der Waals surface area contributed by atoms with Crippen LogP contribution in [0.25, 0.3) is 0 Å². The zero-order chi connectivity index (χ0) is 13.2. The highest BCUT2D eigenvalue weighted by atomic mass is 79.9. The molecule has 98 valence electrons. The highest BCUT2D eigenvalue weighted by Gasteiger charge is 2.23. The smallest absolute Gasteiger partial charge is 0.135 e. The van der Waals surface area contributed by atoms with Gasteiger partial charge in [0.2, 0.25) is 0 Å². The standard InChI is InChI=1S/C16H17BrN2/c1-11-13(9-17)10-18-16(19-11)15-8-4-6-12-5-2-3-7-14(12)15/h2-3,5,7,10,15H,4,6,8-9H2,1H3. The monoisotopic (exact) mass is 316 g/mol. The second kappa shape index (κ2) is 5.41. The number of fused-ring (bicyclic) bond motifs is 1. The number of benzene rings is 1. The normalized spacial score (nSPS) is 18.1. The molecule has 3 heteroatoms. The van der Waals surface area contributed by atoms with Crippen molar-refractivity contribution in [2.24, 2.45) is 0 Å². The van der Waals surface area contributed by atoms with Crippen LogP contribution in [0, 0.1) is 6.92 Å². The van der Waals surface area contributed by atoms with Gasteiger partial charge in [-0.1, -0.05) is 40.2 Å². The maximum absolute atomic E-state index is 4.73. The van der Waals surface area contributed by atoms with Gasteiger partial charge in [-0.05, 0) is 37.3 Å². The second-order valence-electron chi connectivity index (χ2n) is 5.12. The summed E-state index contributed by atoms with van der Waals surface area (Å²) in [6.45, 7) is 2.07. The Kier molecular flexibility index (Phi) is 3.65. The first-order chi connectivity index (χ1) is 9.29. The Labute approximate surface area is 122 Å². The minimum absolute atomic E-state index is 0.369. The van der Waals surface area contributed by atoms with Crippen molar-refractivity contribution in [2.75, 3.05) is 0 Å². The molecule has 1 unspecified atom stereocenters. The van der Waals surface area contributed by atoms with Gasteiger partial charge in [0.15, 0.2) is 0 Å². The van der Waals surface area contributed by atoms with Crippen molar-refractivity contribution >= 4 is 15.9 Å². The van der Waals surface area contributed by atoms with Gasteiger partial charge in [0.1, 0.15) is 5.82 Å². The van der Waals surface area contributed by atoms with Gasteiger partial charge >= 0.3 is 0 Å².